The second kappa shape index (κ2) is 7.93. The molecule has 1 amide bonds. The number of benzene rings is 1. The van der Waals surface area contributed by atoms with Crippen LogP contribution in [0, 0.1) is 0 Å². The van der Waals surface area contributed by atoms with Gasteiger partial charge in [-0.2, -0.15) is 11.8 Å². The number of thioether (sulfide) groups is 1. The summed E-state index contributed by atoms with van der Waals surface area (Å²) >= 11 is 2.02. The first kappa shape index (κ1) is 18.4. The van der Waals surface area contributed by atoms with Crippen molar-refractivity contribution in [1.29, 1.82) is 0 Å². The monoisotopic (exact) mass is 372 g/mol. The molecule has 0 saturated carbocycles. The van der Waals surface area contributed by atoms with E-state index in [0.717, 1.165) is 37.4 Å². The van der Waals surface area contributed by atoms with Gasteiger partial charge in [-0.3, -0.25) is 4.79 Å². The van der Waals surface area contributed by atoms with Crippen molar-refractivity contribution in [3.05, 3.63) is 34.9 Å². The fourth-order valence-electron chi connectivity index (χ4n) is 4.80. The van der Waals surface area contributed by atoms with Crippen molar-refractivity contribution in [2.45, 2.75) is 57.4 Å². The zero-order chi connectivity index (χ0) is 18.1. The van der Waals surface area contributed by atoms with Crippen LogP contribution in [0.15, 0.2) is 18.2 Å². The van der Waals surface area contributed by atoms with Crippen LogP contribution in [-0.4, -0.2) is 59.4 Å². The van der Waals surface area contributed by atoms with Gasteiger partial charge in [0, 0.05) is 24.6 Å². The molecule has 0 radical (unpaired) electrons. The molecule has 2 atom stereocenters. The highest BCUT2D eigenvalue weighted by Gasteiger charge is 2.36. The topological polar surface area (TPSA) is 23.6 Å². The summed E-state index contributed by atoms with van der Waals surface area (Å²) < 4.78 is 0. The Bertz CT molecular complexity index is 654. The Hall–Kier alpha value is -1.00. The molecule has 4 heteroatoms. The molecule has 2 fully saturated rings. The van der Waals surface area contributed by atoms with Gasteiger partial charge in [0.1, 0.15) is 0 Å². The number of hydrogen-bond acceptors (Lipinski definition) is 3. The van der Waals surface area contributed by atoms with Gasteiger partial charge < -0.3 is 9.80 Å². The molecule has 2 unspecified atom stereocenters. The third kappa shape index (κ3) is 3.68. The third-order valence-electron chi connectivity index (χ3n) is 6.39. The maximum Gasteiger partial charge on any atom is 0.230 e. The van der Waals surface area contributed by atoms with Crippen LogP contribution in [0.3, 0.4) is 0 Å². The molecule has 0 bridgehead atoms. The van der Waals surface area contributed by atoms with Crippen LogP contribution >= 0.6 is 11.8 Å². The first-order valence-electron chi connectivity index (χ1n) is 10.4. The molecule has 3 aliphatic rings. The molecule has 142 valence electrons. The highest BCUT2D eigenvalue weighted by Crippen LogP contribution is 2.37. The lowest BCUT2D eigenvalue weighted by Gasteiger charge is -2.39. The summed E-state index contributed by atoms with van der Waals surface area (Å²) in [4.78, 5) is 18.3. The zero-order valence-corrected chi connectivity index (χ0v) is 17.1. The van der Waals surface area contributed by atoms with Crippen molar-refractivity contribution < 1.29 is 4.79 Å². The van der Waals surface area contributed by atoms with Crippen LogP contribution in [0.2, 0.25) is 0 Å². The minimum absolute atomic E-state index is 0.0906. The van der Waals surface area contributed by atoms with Crippen LogP contribution in [0.4, 0.5) is 0 Å². The average Bonchev–Trinajstić information content (AvgIpc) is 3.30. The molecular formula is C22H32N2OS. The maximum atomic E-state index is 13.5. The Balaban J connectivity index is 1.52. The second-order valence-corrected chi connectivity index (χ2v) is 9.62. The van der Waals surface area contributed by atoms with Crippen molar-refractivity contribution in [1.82, 2.24) is 9.80 Å². The van der Waals surface area contributed by atoms with Gasteiger partial charge in [-0.05, 0) is 61.4 Å². The van der Waals surface area contributed by atoms with E-state index < -0.39 is 0 Å². The van der Waals surface area contributed by atoms with Crippen LogP contribution < -0.4 is 0 Å². The number of amides is 1. The molecule has 4 rings (SSSR count). The summed E-state index contributed by atoms with van der Waals surface area (Å²) in [5.41, 5.74) is 4.08. The lowest BCUT2D eigenvalue weighted by atomic mass is 9.93. The van der Waals surface area contributed by atoms with Gasteiger partial charge in [-0.1, -0.05) is 32.0 Å². The molecule has 0 spiro atoms. The van der Waals surface area contributed by atoms with Crippen LogP contribution in [0.25, 0.3) is 0 Å². The summed E-state index contributed by atoms with van der Waals surface area (Å²) in [6, 6.07) is 7.25. The van der Waals surface area contributed by atoms with Gasteiger partial charge >= 0.3 is 0 Å². The Kier molecular flexibility index (Phi) is 5.61. The Morgan fingerprint density at radius 2 is 2.04 bits per heavy atom. The van der Waals surface area contributed by atoms with Crippen LogP contribution in [0.1, 0.15) is 61.6 Å². The number of fused-ring (bicyclic) bond motifs is 1. The van der Waals surface area contributed by atoms with Gasteiger partial charge in [0.05, 0.1) is 12.0 Å². The number of likely N-dealkylation sites (tertiary alicyclic amines) is 1. The average molecular weight is 373 g/mol. The summed E-state index contributed by atoms with van der Waals surface area (Å²) in [7, 11) is 0. The predicted molar refractivity (Wildman–Crippen MR) is 110 cm³/mol. The van der Waals surface area contributed by atoms with Crippen molar-refractivity contribution in [3.8, 4) is 0 Å². The van der Waals surface area contributed by atoms with Crippen molar-refractivity contribution in [3.63, 3.8) is 0 Å². The number of rotatable bonds is 4. The highest BCUT2D eigenvalue weighted by atomic mass is 32.2. The van der Waals surface area contributed by atoms with Crippen molar-refractivity contribution >= 4 is 17.7 Å². The fraction of sp³-hybridized carbons (Fsp3) is 0.682. The maximum absolute atomic E-state index is 13.5. The van der Waals surface area contributed by atoms with Gasteiger partial charge in [-0.25, -0.2) is 0 Å². The van der Waals surface area contributed by atoms with E-state index in [1.807, 2.05) is 11.8 Å². The van der Waals surface area contributed by atoms with Crippen LogP contribution in [-0.2, 0) is 11.2 Å². The lowest BCUT2D eigenvalue weighted by Crippen LogP contribution is -2.52. The Morgan fingerprint density at radius 1 is 1.23 bits per heavy atom. The number of hydrogen-bond donors (Lipinski definition) is 0. The molecule has 3 nitrogen and oxygen atoms in total. The predicted octanol–water partition coefficient (Wildman–Crippen LogP) is 3.88. The molecule has 1 aliphatic carbocycles. The molecule has 0 N–H and O–H groups in total. The van der Waals surface area contributed by atoms with E-state index in [1.165, 1.54) is 42.6 Å². The third-order valence-corrected chi connectivity index (χ3v) is 7.48. The Labute approximate surface area is 162 Å². The standard InChI is InChI=1S/C22H32N2OS/c1-16(2)18-6-5-17-7-8-20(21(17)13-18)22(25)24-11-12-26-15-19(24)14-23-9-3-4-10-23/h5-6,13,16,19-20H,3-4,7-12,14-15H2,1-2H3. The van der Waals surface area contributed by atoms with Gasteiger partial charge in [0.15, 0.2) is 0 Å². The summed E-state index contributed by atoms with van der Waals surface area (Å²) in [6.07, 6.45) is 4.70. The summed E-state index contributed by atoms with van der Waals surface area (Å²) in [6.45, 7) is 8.91. The van der Waals surface area contributed by atoms with Gasteiger partial charge in [-0.15, -0.1) is 0 Å². The lowest BCUT2D eigenvalue weighted by molar-refractivity contribution is -0.135. The minimum atomic E-state index is 0.0906. The zero-order valence-electron chi connectivity index (χ0n) is 16.2. The molecule has 2 heterocycles. The highest BCUT2D eigenvalue weighted by molar-refractivity contribution is 7.99. The minimum Gasteiger partial charge on any atom is -0.336 e. The molecule has 26 heavy (non-hydrogen) atoms. The van der Waals surface area contributed by atoms with Gasteiger partial charge in [0.25, 0.3) is 0 Å². The first-order chi connectivity index (χ1) is 12.6. The van der Waals surface area contributed by atoms with E-state index in [9.17, 15) is 4.79 Å². The first-order valence-corrected chi connectivity index (χ1v) is 11.5. The van der Waals surface area contributed by atoms with E-state index in [4.69, 9.17) is 0 Å². The van der Waals surface area contributed by atoms with Crippen LogP contribution in [0.5, 0.6) is 0 Å². The molecular weight excluding hydrogens is 340 g/mol. The van der Waals surface area contributed by atoms with E-state index in [2.05, 4.69) is 41.8 Å². The normalized spacial score (nSPS) is 26.5. The SMILES string of the molecule is CC(C)c1ccc2c(c1)C(C(=O)N1CCSCC1CN1CCCC1)CC2. The van der Waals surface area contributed by atoms with E-state index in [-0.39, 0.29) is 5.92 Å². The summed E-state index contributed by atoms with van der Waals surface area (Å²) in [5, 5.41) is 0. The van der Waals surface area contributed by atoms with Crippen molar-refractivity contribution in [2.75, 3.05) is 37.7 Å². The number of carbonyl (C=O) groups excluding carboxylic acids is 1. The van der Waals surface area contributed by atoms with Crippen molar-refractivity contribution in [2.24, 2.45) is 0 Å². The number of aryl methyl sites for hydroxylation is 1. The van der Waals surface area contributed by atoms with Gasteiger partial charge in [0.2, 0.25) is 5.91 Å². The number of carbonyl (C=O) groups is 1. The van der Waals surface area contributed by atoms with E-state index in [1.54, 1.807) is 0 Å². The molecule has 2 aliphatic heterocycles. The molecule has 1 aromatic carbocycles. The second-order valence-electron chi connectivity index (χ2n) is 8.47. The molecule has 0 aromatic heterocycles. The molecule has 1 aromatic rings. The largest absolute Gasteiger partial charge is 0.336 e. The Morgan fingerprint density at radius 3 is 2.81 bits per heavy atom. The quantitative estimate of drug-likeness (QED) is 0.801. The van der Waals surface area contributed by atoms with E-state index in [0.29, 0.717) is 17.9 Å². The fourth-order valence-corrected chi connectivity index (χ4v) is 5.85. The summed E-state index contributed by atoms with van der Waals surface area (Å²) in [5.74, 6) is 3.20. The number of nitrogens with zero attached hydrogens (tertiary/aromatic N) is 2. The molecule has 2 saturated heterocycles. The smallest absolute Gasteiger partial charge is 0.230 e. The van der Waals surface area contributed by atoms with E-state index >= 15 is 0 Å².